The van der Waals surface area contributed by atoms with Gasteiger partial charge in [-0.3, -0.25) is 0 Å². The highest BCUT2D eigenvalue weighted by atomic mass is 16.6. The molecule has 1 rings (SSSR count). The van der Waals surface area contributed by atoms with E-state index in [0.717, 1.165) is 0 Å². The predicted octanol–water partition coefficient (Wildman–Crippen LogP) is 0.561. The Labute approximate surface area is 67.3 Å². The molecule has 3 heteroatoms. The van der Waals surface area contributed by atoms with Crippen LogP contribution in [-0.2, 0) is 9.47 Å². The Morgan fingerprint density at radius 2 is 2.09 bits per heavy atom. The molecule has 1 saturated heterocycles. The molecule has 66 valence electrons. The van der Waals surface area contributed by atoms with E-state index in [-0.39, 0.29) is 24.9 Å². The minimum Gasteiger partial charge on any atom is -0.396 e. The fraction of sp³-hybridized carbons (Fsp3) is 1.00. The summed E-state index contributed by atoms with van der Waals surface area (Å²) in [5.41, 5.74) is 0. The van der Waals surface area contributed by atoms with Gasteiger partial charge in [-0.25, -0.2) is 0 Å². The molecule has 1 aliphatic rings. The summed E-state index contributed by atoms with van der Waals surface area (Å²) in [7, 11) is 0. The van der Waals surface area contributed by atoms with Crippen molar-refractivity contribution in [3.05, 3.63) is 0 Å². The number of hydrogen-bond acceptors (Lipinski definition) is 3. The Kier molecular flexibility index (Phi) is 3.30. The molecule has 0 radical (unpaired) electrons. The van der Waals surface area contributed by atoms with E-state index in [0.29, 0.717) is 13.0 Å². The van der Waals surface area contributed by atoms with Crippen LogP contribution in [0, 0.1) is 0 Å². The van der Waals surface area contributed by atoms with E-state index in [2.05, 4.69) is 0 Å². The van der Waals surface area contributed by atoms with Crippen LogP contribution in [0.4, 0.5) is 0 Å². The molecule has 0 aliphatic carbocycles. The Morgan fingerprint density at radius 3 is 2.64 bits per heavy atom. The summed E-state index contributed by atoms with van der Waals surface area (Å²) in [4.78, 5) is 0. The highest BCUT2D eigenvalue weighted by Gasteiger charge is 2.24. The van der Waals surface area contributed by atoms with E-state index < -0.39 is 0 Å². The molecule has 11 heavy (non-hydrogen) atoms. The fourth-order valence-electron chi connectivity index (χ4n) is 1.14. The molecule has 1 aliphatic heterocycles. The molecule has 3 nitrogen and oxygen atoms in total. The number of ether oxygens (including phenoxy) is 2. The van der Waals surface area contributed by atoms with Gasteiger partial charge in [0.15, 0.2) is 0 Å². The normalized spacial score (nSPS) is 39.0. The minimum atomic E-state index is 0.0891. The first kappa shape index (κ1) is 8.97. The standard InChI is InChI=1S/C8H16O3/c1-6-7(2)11-8(3-4-9)5-10-6/h6-9H,3-5H2,1-2H3. The second-order valence-corrected chi connectivity index (χ2v) is 3.01. The smallest absolute Gasteiger partial charge is 0.0835 e. The lowest BCUT2D eigenvalue weighted by atomic mass is 10.2. The van der Waals surface area contributed by atoms with E-state index in [1.807, 2.05) is 13.8 Å². The summed E-state index contributed by atoms with van der Waals surface area (Å²) in [5.74, 6) is 0. The van der Waals surface area contributed by atoms with Crippen molar-refractivity contribution in [3.8, 4) is 0 Å². The molecule has 0 amide bonds. The first-order chi connectivity index (χ1) is 5.24. The van der Waals surface area contributed by atoms with E-state index >= 15 is 0 Å². The van der Waals surface area contributed by atoms with Crippen LogP contribution in [0.1, 0.15) is 20.3 Å². The van der Waals surface area contributed by atoms with Gasteiger partial charge in [0.2, 0.25) is 0 Å². The second-order valence-electron chi connectivity index (χ2n) is 3.01. The van der Waals surface area contributed by atoms with Gasteiger partial charge < -0.3 is 14.6 Å². The van der Waals surface area contributed by atoms with E-state index in [9.17, 15) is 0 Å². The maximum atomic E-state index is 8.64. The van der Waals surface area contributed by atoms with Gasteiger partial charge in [-0.1, -0.05) is 0 Å². The van der Waals surface area contributed by atoms with Crippen molar-refractivity contribution < 1.29 is 14.6 Å². The van der Waals surface area contributed by atoms with Gasteiger partial charge >= 0.3 is 0 Å². The molecule has 0 saturated carbocycles. The number of hydrogen-bond donors (Lipinski definition) is 1. The molecule has 1 N–H and O–H groups in total. The summed E-state index contributed by atoms with van der Waals surface area (Å²) in [6.07, 6.45) is 1.10. The molecule has 0 aromatic rings. The molecule has 1 heterocycles. The first-order valence-corrected chi connectivity index (χ1v) is 4.12. The zero-order valence-electron chi connectivity index (χ0n) is 7.12. The summed E-state index contributed by atoms with van der Waals surface area (Å²) in [6.45, 7) is 4.79. The van der Waals surface area contributed by atoms with Crippen LogP contribution in [0.5, 0.6) is 0 Å². The summed E-state index contributed by atoms with van der Waals surface area (Å²) in [5, 5.41) is 8.64. The molecule has 0 spiro atoms. The average molecular weight is 160 g/mol. The van der Waals surface area contributed by atoms with E-state index in [1.54, 1.807) is 0 Å². The highest BCUT2D eigenvalue weighted by molar-refractivity contribution is 4.70. The van der Waals surface area contributed by atoms with Gasteiger partial charge in [0, 0.05) is 6.61 Å². The van der Waals surface area contributed by atoms with Crippen molar-refractivity contribution in [2.45, 2.75) is 38.6 Å². The molecule has 0 aromatic carbocycles. The number of aliphatic hydroxyl groups excluding tert-OH is 1. The third-order valence-electron chi connectivity index (χ3n) is 2.06. The van der Waals surface area contributed by atoms with Crippen LogP contribution < -0.4 is 0 Å². The molecule has 0 aromatic heterocycles. The van der Waals surface area contributed by atoms with Crippen LogP contribution in [0.15, 0.2) is 0 Å². The average Bonchev–Trinajstić information content (AvgIpc) is 1.98. The lowest BCUT2D eigenvalue weighted by molar-refractivity contribution is -0.171. The van der Waals surface area contributed by atoms with Crippen LogP contribution in [0.3, 0.4) is 0 Å². The number of rotatable bonds is 2. The third kappa shape index (κ3) is 2.43. The van der Waals surface area contributed by atoms with Crippen molar-refractivity contribution >= 4 is 0 Å². The van der Waals surface area contributed by atoms with Gasteiger partial charge in [0.05, 0.1) is 24.9 Å². The largest absolute Gasteiger partial charge is 0.396 e. The molecule has 3 atom stereocenters. The van der Waals surface area contributed by atoms with E-state index in [4.69, 9.17) is 14.6 Å². The zero-order chi connectivity index (χ0) is 8.27. The molecule has 0 bridgehead atoms. The maximum absolute atomic E-state index is 8.64. The Balaban J connectivity index is 2.28. The zero-order valence-corrected chi connectivity index (χ0v) is 7.12. The molecular weight excluding hydrogens is 144 g/mol. The minimum absolute atomic E-state index is 0.0891. The van der Waals surface area contributed by atoms with Gasteiger partial charge in [-0.2, -0.15) is 0 Å². The monoisotopic (exact) mass is 160 g/mol. The molecule has 1 fully saturated rings. The van der Waals surface area contributed by atoms with Crippen LogP contribution in [0.25, 0.3) is 0 Å². The summed E-state index contributed by atoms with van der Waals surface area (Å²) < 4.78 is 11.0. The van der Waals surface area contributed by atoms with Gasteiger partial charge in [0.25, 0.3) is 0 Å². The summed E-state index contributed by atoms with van der Waals surface area (Å²) >= 11 is 0. The van der Waals surface area contributed by atoms with Crippen molar-refractivity contribution in [1.29, 1.82) is 0 Å². The van der Waals surface area contributed by atoms with Crippen LogP contribution >= 0.6 is 0 Å². The van der Waals surface area contributed by atoms with Gasteiger partial charge in [-0.05, 0) is 20.3 Å². The Hall–Kier alpha value is -0.120. The molecular formula is C8H16O3. The number of aliphatic hydroxyl groups is 1. The first-order valence-electron chi connectivity index (χ1n) is 4.12. The quantitative estimate of drug-likeness (QED) is 0.641. The lowest BCUT2D eigenvalue weighted by Crippen LogP contribution is -2.40. The maximum Gasteiger partial charge on any atom is 0.0835 e. The van der Waals surface area contributed by atoms with Crippen molar-refractivity contribution in [2.24, 2.45) is 0 Å². The van der Waals surface area contributed by atoms with Crippen molar-refractivity contribution in [3.63, 3.8) is 0 Å². The van der Waals surface area contributed by atoms with Gasteiger partial charge in [0.1, 0.15) is 0 Å². The highest BCUT2D eigenvalue weighted by Crippen LogP contribution is 2.15. The third-order valence-corrected chi connectivity index (χ3v) is 2.06. The van der Waals surface area contributed by atoms with Crippen molar-refractivity contribution in [2.75, 3.05) is 13.2 Å². The van der Waals surface area contributed by atoms with Crippen LogP contribution in [-0.4, -0.2) is 36.6 Å². The fourth-order valence-corrected chi connectivity index (χ4v) is 1.14. The lowest BCUT2D eigenvalue weighted by Gasteiger charge is -2.32. The topological polar surface area (TPSA) is 38.7 Å². The van der Waals surface area contributed by atoms with Crippen molar-refractivity contribution in [1.82, 2.24) is 0 Å². The SMILES string of the molecule is CC1OCC(CCO)OC1C. The Morgan fingerprint density at radius 1 is 1.36 bits per heavy atom. The summed E-state index contributed by atoms with van der Waals surface area (Å²) in [6, 6.07) is 0. The van der Waals surface area contributed by atoms with Gasteiger partial charge in [-0.15, -0.1) is 0 Å². The second kappa shape index (κ2) is 4.04. The Bertz CT molecular complexity index is 116. The molecule has 3 unspecified atom stereocenters. The van der Waals surface area contributed by atoms with Crippen LogP contribution in [0.2, 0.25) is 0 Å². The predicted molar refractivity (Wildman–Crippen MR) is 41.5 cm³/mol. The van der Waals surface area contributed by atoms with E-state index in [1.165, 1.54) is 0 Å².